The highest BCUT2D eigenvalue weighted by Gasteiger charge is 2.22. The van der Waals surface area contributed by atoms with Gasteiger partial charge >= 0.3 is 0 Å². The Morgan fingerprint density at radius 3 is 3.00 bits per heavy atom. The van der Waals surface area contributed by atoms with Crippen molar-refractivity contribution in [1.29, 1.82) is 0 Å². The number of fused-ring (bicyclic) bond motifs is 1. The number of carbonyl (C=O) groups excluding carboxylic acids is 1. The molecule has 0 spiro atoms. The molecule has 0 saturated carbocycles. The first kappa shape index (κ1) is 14.4. The van der Waals surface area contributed by atoms with Crippen molar-refractivity contribution >= 4 is 17.2 Å². The molecule has 3 rings (SSSR count). The molecule has 4 heteroatoms. The highest BCUT2D eigenvalue weighted by Crippen LogP contribution is 2.32. The quantitative estimate of drug-likeness (QED) is 0.857. The first-order valence-corrected chi connectivity index (χ1v) is 8.27. The van der Waals surface area contributed by atoms with Gasteiger partial charge in [-0.05, 0) is 55.9 Å². The molecule has 1 aliphatic rings. The zero-order valence-electron chi connectivity index (χ0n) is 12.8. The Morgan fingerprint density at radius 1 is 1.48 bits per heavy atom. The molecule has 2 heterocycles. The summed E-state index contributed by atoms with van der Waals surface area (Å²) in [5.74, 6) is 2.54. The second kappa shape index (κ2) is 5.68. The van der Waals surface area contributed by atoms with E-state index < -0.39 is 0 Å². The topological polar surface area (TPSA) is 33.5 Å². The standard InChI is InChI=1S/C17H21NO2S/c1-11-4-7-15-13(8-11)9-16(21-15)17(19)18(3)10-14-6-5-12(2)20-14/h5-6,9,11H,4,7-8,10H2,1-3H3. The second-order valence-corrected chi connectivity index (χ2v) is 7.22. The van der Waals surface area contributed by atoms with Gasteiger partial charge in [-0.3, -0.25) is 4.79 Å². The fourth-order valence-electron chi connectivity index (χ4n) is 2.87. The van der Waals surface area contributed by atoms with Gasteiger partial charge in [0.15, 0.2) is 0 Å². The third-order valence-electron chi connectivity index (χ3n) is 4.08. The summed E-state index contributed by atoms with van der Waals surface area (Å²) in [6.45, 7) is 4.72. The summed E-state index contributed by atoms with van der Waals surface area (Å²) in [6.07, 6.45) is 3.47. The van der Waals surface area contributed by atoms with E-state index >= 15 is 0 Å². The van der Waals surface area contributed by atoms with Crippen LogP contribution in [0.1, 0.15) is 45.0 Å². The first-order valence-electron chi connectivity index (χ1n) is 7.45. The summed E-state index contributed by atoms with van der Waals surface area (Å²) in [5, 5.41) is 0. The molecular weight excluding hydrogens is 282 g/mol. The number of aryl methyl sites for hydroxylation is 2. The highest BCUT2D eigenvalue weighted by molar-refractivity contribution is 7.14. The van der Waals surface area contributed by atoms with Crippen LogP contribution in [0.25, 0.3) is 0 Å². The lowest BCUT2D eigenvalue weighted by Crippen LogP contribution is -2.25. The molecule has 2 aromatic heterocycles. The van der Waals surface area contributed by atoms with Crippen LogP contribution in [-0.2, 0) is 19.4 Å². The van der Waals surface area contributed by atoms with Crippen molar-refractivity contribution in [3.63, 3.8) is 0 Å². The summed E-state index contributed by atoms with van der Waals surface area (Å²) >= 11 is 1.67. The Bertz CT molecular complexity index is 656. The van der Waals surface area contributed by atoms with Gasteiger partial charge in [-0.1, -0.05) is 6.92 Å². The molecule has 0 aromatic carbocycles. The van der Waals surface area contributed by atoms with Crippen LogP contribution in [0.4, 0.5) is 0 Å². The van der Waals surface area contributed by atoms with Crippen molar-refractivity contribution < 1.29 is 9.21 Å². The van der Waals surface area contributed by atoms with Crippen LogP contribution in [0.5, 0.6) is 0 Å². The molecule has 0 N–H and O–H groups in total. The van der Waals surface area contributed by atoms with Crippen LogP contribution >= 0.6 is 11.3 Å². The van der Waals surface area contributed by atoms with Crippen LogP contribution in [0, 0.1) is 12.8 Å². The third kappa shape index (κ3) is 3.05. The van der Waals surface area contributed by atoms with E-state index in [1.807, 2.05) is 26.1 Å². The summed E-state index contributed by atoms with van der Waals surface area (Å²) in [6, 6.07) is 5.96. The smallest absolute Gasteiger partial charge is 0.264 e. The lowest BCUT2D eigenvalue weighted by Gasteiger charge is -2.16. The molecule has 21 heavy (non-hydrogen) atoms. The zero-order chi connectivity index (χ0) is 15.0. The number of hydrogen-bond donors (Lipinski definition) is 0. The Labute approximate surface area is 129 Å². The minimum absolute atomic E-state index is 0.0936. The normalized spacial score (nSPS) is 17.6. The molecule has 0 bridgehead atoms. The fraction of sp³-hybridized carbons (Fsp3) is 0.471. The predicted molar refractivity (Wildman–Crippen MR) is 84.8 cm³/mol. The van der Waals surface area contributed by atoms with Gasteiger partial charge < -0.3 is 9.32 Å². The number of thiophene rings is 1. The summed E-state index contributed by atoms with van der Waals surface area (Å²) in [4.78, 5) is 16.5. The van der Waals surface area contributed by atoms with Crippen molar-refractivity contribution in [2.45, 2.75) is 39.7 Å². The minimum Gasteiger partial charge on any atom is -0.464 e. The van der Waals surface area contributed by atoms with E-state index in [1.54, 1.807) is 16.2 Å². The molecule has 1 aliphatic carbocycles. The maximum absolute atomic E-state index is 12.5. The van der Waals surface area contributed by atoms with E-state index in [2.05, 4.69) is 13.0 Å². The maximum Gasteiger partial charge on any atom is 0.264 e. The Morgan fingerprint density at radius 2 is 2.29 bits per heavy atom. The largest absolute Gasteiger partial charge is 0.464 e. The van der Waals surface area contributed by atoms with Crippen LogP contribution in [0.3, 0.4) is 0 Å². The van der Waals surface area contributed by atoms with E-state index in [1.165, 1.54) is 16.9 Å². The van der Waals surface area contributed by atoms with Gasteiger partial charge in [0.05, 0.1) is 11.4 Å². The van der Waals surface area contributed by atoms with E-state index in [-0.39, 0.29) is 5.91 Å². The van der Waals surface area contributed by atoms with Crippen molar-refractivity contribution in [2.24, 2.45) is 5.92 Å². The number of rotatable bonds is 3. The van der Waals surface area contributed by atoms with Crippen molar-refractivity contribution in [2.75, 3.05) is 7.05 Å². The lowest BCUT2D eigenvalue weighted by atomic mass is 9.90. The Hall–Kier alpha value is -1.55. The van der Waals surface area contributed by atoms with Crippen molar-refractivity contribution in [3.8, 4) is 0 Å². The molecule has 112 valence electrons. The van der Waals surface area contributed by atoms with Crippen molar-refractivity contribution in [3.05, 3.63) is 45.0 Å². The average molecular weight is 303 g/mol. The summed E-state index contributed by atoms with van der Waals surface area (Å²) in [5.41, 5.74) is 1.38. The van der Waals surface area contributed by atoms with Gasteiger partial charge in [0, 0.05) is 11.9 Å². The second-order valence-electron chi connectivity index (χ2n) is 6.08. The molecule has 0 radical (unpaired) electrons. The van der Waals surface area contributed by atoms with Crippen LogP contribution in [-0.4, -0.2) is 17.9 Å². The molecule has 0 saturated heterocycles. The molecule has 1 amide bonds. The van der Waals surface area contributed by atoms with Gasteiger partial charge in [0.1, 0.15) is 11.5 Å². The fourth-order valence-corrected chi connectivity index (χ4v) is 4.08. The molecule has 2 aromatic rings. The van der Waals surface area contributed by atoms with Crippen LogP contribution in [0.2, 0.25) is 0 Å². The Kier molecular flexibility index (Phi) is 3.89. The molecule has 0 fully saturated rings. The van der Waals surface area contributed by atoms with Gasteiger partial charge in [-0.15, -0.1) is 11.3 Å². The zero-order valence-corrected chi connectivity index (χ0v) is 13.6. The lowest BCUT2D eigenvalue weighted by molar-refractivity contribution is 0.0779. The number of nitrogens with zero attached hydrogens (tertiary/aromatic N) is 1. The maximum atomic E-state index is 12.5. The molecular formula is C17H21NO2S. The molecule has 0 aliphatic heterocycles. The number of hydrogen-bond acceptors (Lipinski definition) is 3. The number of carbonyl (C=O) groups is 1. The number of amides is 1. The molecule has 1 unspecified atom stereocenters. The van der Waals surface area contributed by atoms with E-state index in [0.717, 1.165) is 35.2 Å². The van der Waals surface area contributed by atoms with Crippen LogP contribution < -0.4 is 0 Å². The summed E-state index contributed by atoms with van der Waals surface area (Å²) in [7, 11) is 1.83. The minimum atomic E-state index is 0.0936. The van der Waals surface area contributed by atoms with Gasteiger partial charge in [-0.2, -0.15) is 0 Å². The number of furan rings is 1. The van der Waals surface area contributed by atoms with E-state index in [9.17, 15) is 4.79 Å². The third-order valence-corrected chi connectivity index (χ3v) is 5.30. The van der Waals surface area contributed by atoms with E-state index in [0.29, 0.717) is 6.54 Å². The Balaban J connectivity index is 1.72. The molecule has 3 nitrogen and oxygen atoms in total. The predicted octanol–water partition coefficient (Wildman–Crippen LogP) is 4.05. The van der Waals surface area contributed by atoms with E-state index in [4.69, 9.17) is 4.42 Å². The van der Waals surface area contributed by atoms with Gasteiger partial charge in [0.25, 0.3) is 5.91 Å². The van der Waals surface area contributed by atoms with Crippen LogP contribution in [0.15, 0.2) is 22.6 Å². The van der Waals surface area contributed by atoms with Gasteiger partial charge in [0.2, 0.25) is 0 Å². The summed E-state index contributed by atoms with van der Waals surface area (Å²) < 4.78 is 5.55. The highest BCUT2D eigenvalue weighted by atomic mass is 32.1. The SMILES string of the molecule is Cc1ccc(CN(C)C(=O)c2cc3c(s2)CCC(C)C3)o1. The van der Waals surface area contributed by atoms with Gasteiger partial charge in [-0.25, -0.2) is 0 Å². The first-order chi connectivity index (χ1) is 10.0. The average Bonchev–Trinajstić information content (AvgIpc) is 3.03. The monoisotopic (exact) mass is 303 g/mol. The van der Waals surface area contributed by atoms with Crippen molar-refractivity contribution in [1.82, 2.24) is 4.90 Å². The molecule has 1 atom stereocenters.